The van der Waals surface area contributed by atoms with Gasteiger partial charge < -0.3 is 5.32 Å². The molecule has 1 N–H and O–H groups in total. The molecule has 2 aliphatic rings. The first-order valence-corrected chi connectivity index (χ1v) is 6.76. The summed E-state index contributed by atoms with van der Waals surface area (Å²) < 4.78 is 0. The number of nitrogens with one attached hydrogen (secondary N) is 1. The van der Waals surface area contributed by atoms with E-state index in [1.807, 2.05) is 20.0 Å². The van der Waals surface area contributed by atoms with Gasteiger partial charge in [-0.25, -0.2) is 4.98 Å². The molecule has 0 aliphatic heterocycles. The minimum Gasteiger partial charge on any atom is -0.368 e. The molecule has 2 aliphatic carbocycles. The molecule has 3 rings (SSSR count). The van der Waals surface area contributed by atoms with Crippen LogP contribution >= 0.6 is 0 Å². The molecule has 0 amide bonds. The van der Waals surface area contributed by atoms with Crippen molar-refractivity contribution in [3.63, 3.8) is 0 Å². The Bertz CT molecular complexity index is 416. The van der Waals surface area contributed by atoms with Crippen molar-refractivity contribution in [2.75, 3.05) is 11.9 Å². The Morgan fingerprint density at radius 1 is 1.24 bits per heavy atom. The molecule has 1 heterocycles. The van der Waals surface area contributed by atoms with Gasteiger partial charge in [-0.3, -0.25) is 4.98 Å². The van der Waals surface area contributed by atoms with Crippen LogP contribution in [0.25, 0.3) is 0 Å². The van der Waals surface area contributed by atoms with Gasteiger partial charge in [0.15, 0.2) is 0 Å². The van der Waals surface area contributed by atoms with Gasteiger partial charge in [0.1, 0.15) is 5.82 Å². The third-order valence-electron chi connectivity index (χ3n) is 4.62. The highest BCUT2D eigenvalue weighted by molar-refractivity contribution is 5.33. The molecule has 17 heavy (non-hydrogen) atoms. The van der Waals surface area contributed by atoms with Gasteiger partial charge in [0.25, 0.3) is 0 Å². The molecule has 0 aromatic carbocycles. The lowest BCUT2D eigenvalue weighted by Crippen LogP contribution is -2.20. The van der Waals surface area contributed by atoms with Crippen molar-refractivity contribution < 1.29 is 0 Å². The van der Waals surface area contributed by atoms with Gasteiger partial charge in [0.05, 0.1) is 17.6 Å². The Morgan fingerprint density at radius 3 is 2.76 bits per heavy atom. The maximum absolute atomic E-state index is 4.52. The fourth-order valence-electron chi connectivity index (χ4n) is 3.49. The van der Waals surface area contributed by atoms with Crippen LogP contribution in [-0.4, -0.2) is 16.5 Å². The van der Waals surface area contributed by atoms with Gasteiger partial charge in [0, 0.05) is 6.54 Å². The van der Waals surface area contributed by atoms with Crippen molar-refractivity contribution in [3.05, 3.63) is 17.6 Å². The summed E-state index contributed by atoms with van der Waals surface area (Å²) in [7, 11) is 0. The molecule has 1 aromatic heterocycles. The van der Waals surface area contributed by atoms with Gasteiger partial charge >= 0.3 is 0 Å². The van der Waals surface area contributed by atoms with Gasteiger partial charge in [-0.15, -0.1) is 0 Å². The molecule has 3 heteroatoms. The van der Waals surface area contributed by atoms with E-state index < -0.39 is 0 Å². The lowest BCUT2D eigenvalue weighted by atomic mass is 9.89. The highest BCUT2D eigenvalue weighted by Gasteiger charge is 2.39. The maximum Gasteiger partial charge on any atom is 0.144 e. The quantitative estimate of drug-likeness (QED) is 0.869. The van der Waals surface area contributed by atoms with Crippen LogP contribution in [-0.2, 0) is 0 Å². The molecule has 3 atom stereocenters. The van der Waals surface area contributed by atoms with E-state index in [-0.39, 0.29) is 0 Å². The topological polar surface area (TPSA) is 37.8 Å². The van der Waals surface area contributed by atoms with Crippen molar-refractivity contribution in [1.82, 2.24) is 9.97 Å². The van der Waals surface area contributed by atoms with Gasteiger partial charge in [-0.2, -0.15) is 0 Å². The number of nitrogens with zero attached hydrogens (tertiary/aromatic N) is 2. The Kier molecular flexibility index (Phi) is 2.77. The van der Waals surface area contributed by atoms with E-state index in [0.29, 0.717) is 0 Å². The molecule has 3 nitrogen and oxygen atoms in total. The van der Waals surface area contributed by atoms with Gasteiger partial charge in [0.2, 0.25) is 0 Å². The standard InChI is InChI=1S/C14H21N3/c1-9-10(2)17-14(8-15-9)16-7-13-6-11-3-4-12(13)5-11/h8,11-13H,3-7H2,1-2H3,(H,16,17). The summed E-state index contributed by atoms with van der Waals surface area (Å²) in [5.74, 6) is 3.82. The van der Waals surface area contributed by atoms with Crippen molar-refractivity contribution in [3.8, 4) is 0 Å². The van der Waals surface area contributed by atoms with E-state index in [1.54, 1.807) is 0 Å². The van der Waals surface area contributed by atoms with E-state index in [0.717, 1.165) is 41.5 Å². The Balaban J connectivity index is 1.59. The third-order valence-corrected chi connectivity index (χ3v) is 4.62. The van der Waals surface area contributed by atoms with Crippen molar-refractivity contribution in [2.24, 2.45) is 17.8 Å². The predicted octanol–water partition coefficient (Wildman–Crippen LogP) is 2.94. The van der Waals surface area contributed by atoms with E-state index in [2.05, 4.69) is 15.3 Å². The zero-order valence-corrected chi connectivity index (χ0v) is 10.7. The molecule has 0 radical (unpaired) electrons. The van der Waals surface area contributed by atoms with Crippen LogP contribution in [0.5, 0.6) is 0 Å². The fraction of sp³-hybridized carbons (Fsp3) is 0.714. The summed E-state index contributed by atoms with van der Waals surface area (Å²) >= 11 is 0. The number of fused-ring (bicyclic) bond motifs is 2. The number of aromatic nitrogens is 2. The van der Waals surface area contributed by atoms with Gasteiger partial charge in [-0.1, -0.05) is 6.42 Å². The van der Waals surface area contributed by atoms with E-state index >= 15 is 0 Å². The zero-order valence-electron chi connectivity index (χ0n) is 10.7. The fourth-order valence-corrected chi connectivity index (χ4v) is 3.49. The molecule has 0 saturated heterocycles. The molecule has 1 aromatic rings. The predicted molar refractivity (Wildman–Crippen MR) is 68.9 cm³/mol. The molecule has 2 fully saturated rings. The third kappa shape index (κ3) is 2.15. The van der Waals surface area contributed by atoms with Crippen LogP contribution in [0.15, 0.2) is 6.20 Å². The second-order valence-electron chi connectivity index (χ2n) is 5.74. The van der Waals surface area contributed by atoms with Crippen LogP contribution in [0.1, 0.15) is 37.1 Å². The summed E-state index contributed by atoms with van der Waals surface area (Å²) in [4.78, 5) is 8.87. The zero-order chi connectivity index (χ0) is 11.8. The van der Waals surface area contributed by atoms with E-state index in [9.17, 15) is 0 Å². The van der Waals surface area contributed by atoms with E-state index in [4.69, 9.17) is 0 Å². The van der Waals surface area contributed by atoms with Crippen LogP contribution in [0.2, 0.25) is 0 Å². The maximum atomic E-state index is 4.52. The normalized spacial score (nSPS) is 30.8. The number of hydrogen-bond acceptors (Lipinski definition) is 3. The number of rotatable bonds is 3. The summed E-state index contributed by atoms with van der Waals surface area (Å²) in [5, 5.41) is 3.47. The first-order chi connectivity index (χ1) is 8.22. The Labute approximate surface area is 103 Å². The SMILES string of the molecule is Cc1ncc(NCC2CC3CCC2C3)nc1C. The lowest BCUT2D eigenvalue weighted by molar-refractivity contribution is 0.348. The first kappa shape index (κ1) is 11.0. The molecule has 3 unspecified atom stereocenters. The number of aryl methyl sites for hydroxylation is 2. The number of hydrogen-bond donors (Lipinski definition) is 1. The van der Waals surface area contributed by atoms with Crippen LogP contribution in [0.3, 0.4) is 0 Å². The second-order valence-corrected chi connectivity index (χ2v) is 5.74. The van der Waals surface area contributed by atoms with Crippen molar-refractivity contribution in [1.29, 1.82) is 0 Å². The monoisotopic (exact) mass is 231 g/mol. The van der Waals surface area contributed by atoms with Crippen molar-refractivity contribution in [2.45, 2.75) is 39.5 Å². The average molecular weight is 231 g/mol. The Hall–Kier alpha value is -1.12. The van der Waals surface area contributed by atoms with Crippen LogP contribution < -0.4 is 5.32 Å². The second kappa shape index (κ2) is 4.28. The van der Waals surface area contributed by atoms with Crippen LogP contribution in [0.4, 0.5) is 5.82 Å². The molecule has 2 bridgehead atoms. The number of anilines is 1. The van der Waals surface area contributed by atoms with Crippen molar-refractivity contribution >= 4 is 5.82 Å². The summed E-state index contributed by atoms with van der Waals surface area (Å²) in [6.45, 7) is 5.10. The summed E-state index contributed by atoms with van der Waals surface area (Å²) in [5.41, 5.74) is 2.05. The molecule has 92 valence electrons. The van der Waals surface area contributed by atoms with Crippen LogP contribution in [0, 0.1) is 31.6 Å². The highest BCUT2D eigenvalue weighted by Crippen LogP contribution is 2.48. The smallest absolute Gasteiger partial charge is 0.144 e. The molecular formula is C14H21N3. The van der Waals surface area contributed by atoms with E-state index in [1.165, 1.54) is 25.7 Å². The largest absolute Gasteiger partial charge is 0.368 e. The minimum absolute atomic E-state index is 0.872. The first-order valence-electron chi connectivity index (χ1n) is 6.76. The van der Waals surface area contributed by atoms with Gasteiger partial charge in [-0.05, 0) is 50.9 Å². The molecule has 2 saturated carbocycles. The minimum atomic E-state index is 0.872. The lowest BCUT2D eigenvalue weighted by Gasteiger charge is -2.22. The molecule has 0 spiro atoms. The highest BCUT2D eigenvalue weighted by atomic mass is 15.0. The summed E-state index contributed by atoms with van der Waals surface area (Å²) in [6, 6.07) is 0. The Morgan fingerprint density at radius 2 is 2.12 bits per heavy atom. The average Bonchev–Trinajstić information content (AvgIpc) is 2.92. The molecular weight excluding hydrogens is 210 g/mol. The summed E-state index contributed by atoms with van der Waals surface area (Å²) in [6.07, 6.45) is 7.69.